The quantitative estimate of drug-likeness (QED) is 0.680. The number of amides is 1. The molecule has 21 heavy (non-hydrogen) atoms. The number of carbonyl (C=O) groups is 1. The zero-order valence-corrected chi connectivity index (χ0v) is 13.2. The third-order valence-corrected chi connectivity index (χ3v) is 4.01. The van der Waals surface area contributed by atoms with E-state index < -0.39 is 0 Å². The standard InChI is InChI=1S/C13H12ClN5OS/c1-7-6-8-10(15-13(14)16-11(8)21-7)19-5-4-9(17-19)12(20)18(2)3/h4-6H,1-3H3. The van der Waals surface area contributed by atoms with Crippen LogP contribution in [0.2, 0.25) is 5.28 Å². The molecule has 0 radical (unpaired) electrons. The predicted octanol–water partition coefficient (Wildman–Crippen LogP) is 2.54. The molecule has 0 saturated carbocycles. The van der Waals surface area contributed by atoms with Gasteiger partial charge in [0.05, 0.1) is 5.39 Å². The lowest BCUT2D eigenvalue weighted by Crippen LogP contribution is -2.22. The van der Waals surface area contributed by atoms with Gasteiger partial charge in [-0.1, -0.05) is 0 Å². The van der Waals surface area contributed by atoms with Crippen molar-refractivity contribution in [1.82, 2.24) is 24.6 Å². The van der Waals surface area contributed by atoms with E-state index in [0.717, 1.165) is 15.1 Å². The number of hydrogen-bond acceptors (Lipinski definition) is 5. The predicted molar refractivity (Wildman–Crippen MR) is 82.3 cm³/mol. The summed E-state index contributed by atoms with van der Waals surface area (Å²) < 4.78 is 1.55. The molecule has 3 aromatic heterocycles. The molecular formula is C13H12ClN5OS. The molecular weight excluding hydrogens is 310 g/mol. The number of hydrogen-bond donors (Lipinski definition) is 0. The van der Waals surface area contributed by atoms with Gasteiger partial charge in [-0.3, -0.25) is 4.79 Å². The van der Waals surface area contributed by atoms with Crippen LogP contribution in [-0.4, -0.2) is 44.7 Å². The summed E-state index contributed by atoms with van der Waals surface area (Å²) in [5.74, 6) is 0.416. The van der Waals surface area contributed by atoms with Gasteiger partial charge < -0.3 is 4.90 Å². The average Bonchev–Trinajstić information content (AvgIpc) is 3.02. The van der Waals surface area contributed by atoms with Gasteiger partial charge in [0.2, 0.25) is 5.28 Å². The third-order valence-electron chi connectivity index (χ3n) is 2.90. The lowest BCUT2D eigenvalue weighted by atomic mass is 10.3. The van der Waals surface area contributed by atoms with Crippen LogP contribution in [0.4, 0.5) is 0 Å². The molecule has 0 spiro atoms. The van der Waals surface area contributed by atoms with Crippen LogP contribution in [0.1, 0.15) is 15.4 Å². The summed E-state index contributed by atoms with van der Waals surface area (Å²) in [5, 5.41) is 5.31. The molecule has 0 atom stereocenters. The molecule has 6 nitrogen and oxygen atoms in total. The zero-order valence-electron chi connectivity index (χ0n) is 11.7. The lowest BCUT2D eigenvalue weighted by Gasteiger charge is -2.07. The minimum atomic E-state index is -0.161. The SMILES string of the molecule is Cc1cc2c(-n3ccc(C(=O)N(C)C)n3)nc(Cl)nc2s1. The first-order chi connectivity index (χ1) is 9.95. The van der Waals surface area contributed by atoms with Crippen molar-refractivity contribution in [3.05, 3.63) is 34.2 Å². The van der Waals surface area contributed by atoms with E-state index in [4.69, 9.17) is 11.6 Å². The molecule has 3 heterocycles. The van der Waals surface area contributed by atoms with Gasteiger partial charge in [0.25, 0.3) is 5.91 Å². The normalized spacial score (nSPS) is 11.0. The number of halogens is 1. The van der Waals surface area contributed by atoms with Crippen molar-refractivity contribution in [3.8, 4) is 5.82 Å². The minimum Gasteiger partial charge on any atom is -0.343 e. The Labute approximate surface area is 130 Å². The smallest absolute Gasteiger partial charge is 0.273 e. The van der Waals surface area contributed by atoms with E-state index in [-0.39, 0.29) is 11.2 Å². The number of fused-ring (bicyclic) bond motifs is 1. The summed E-state index contributed by atoms with van der Waals surface area (Å²) in [5.41, 5.74) is 0.356. The molecule has 108 valence electrons. The Hall–Kier alpha value is -1.99. The highest BCUT2D eigenvalue weighted by molar-refractivity contribution is 7.18. The molecule has 1 amide bonds. The van der Waals surface area contributed by atoms with Crippen LogP contribution in [0, 0.1) is 6.92 Å². The van der Waals surface area contributed by atoms with Crippen LogP contribution in [0.25, 0.3) is 16.0 Å². The highest BCUT2D eigenvalue weighted by Gasteiger charge is 2.16. The summed E-state index contributed by atoms with van der Waals surface area (Å²) in [6.07, 6.45) is 1.70. The van der Waals surface area contributed by atoms with Crippen molar-refractivity contribution in [2.75, 3.05) is 14.1 Å². The van der Waals surface area contributed by atoms with Gasteiger partial charge in [-0.25, -0.2) is 9.67 Å². The molecule has 3 rings (SSSR count). The highest BCUT2D eigenvalue weighted by Crippen LogP contribution is 2.28. The first-order valence-corrected chi connectivity index (χ1v) is 7.36. The van der Waals surface area contributed by atoms with Gasteiger partial charge in [0.15, 0.2) is 11.5 Å². The molecule has 0 N–H and O–H groups in total. The Kier molecular flexibility index (Phi) is 3.38. The largest absolute Gasteiger partial charge is 0.343 e. The second-order valence-electron chi connectivity index (χ2n) is 4.74. The summed E-state index contributed by atoms with van der Waals surface area (Å²) >= 11 is 7.51. The number of aromatic nitrogens is 4. The first-order valence-electron chi connectivity index (χ1n) is 6.17. The van der Waals surface area contributed by atoms with Crippen LogP contribution < -0.4 is 0 Å². The number of thiophene rings is 1. The van der Waals surface area contributed by atoms with Crippen molar-refractivity contribution in [3.63, 3.8) is 0 Å². The second kappa shape index (κ2) is 5.09. The summed E-state index contributed by atoms with van der Waals surface area (Å²) in [6, 6.07) is 3.64. The summed E-state index contributed by atoms with van der Waals surface area (Å²) in [4.78, 5) is 23.8. The number of rotatable bonds is 2. The molecule has 0 aliphatic carbocycles. The van der Waals surface area contributed by atoms with E-state index >= 15 is 0 Å². The van der Waals surface area contributed by atoms with E-state index in [0.29, 0.717) is 11.5 Å². The minimum absolute atomic E-state index is 0.161. The molecule has 8 heteroatoms. The van der Waals surface area contributed by atoms with E-state index in [2.05, 4.69) is 15.1 Å². The van der Waals surface area contributed by atoms with Gasteiger partial charge in [0, 0.05) is 25.2 Å². The fourth-order valence-electron chi connectivity index (χ4n) is 1.96. The van der Waals surface area contributed by atoms with Crippen molar-refractivity contribution < 1.29 is 4.79 Å². The molecule has 0 aromatic carbocycles. The van der Waals surface area contributed by atoms with E-state index in [1.165, 1.54) is 4.90 Å². The van der Waals surface area contributed by atoms with Gasteiger partial charge >= 0.3 is 0 Å². The molecule has 0 saturated heterocycles. The van der Waals surface area contributed by atoms with Crippen molar-refractivity contribution in [1.29, 1.82) is 0 Å². The fourth-order valence-corrected chi connectivity index (χ4v) is 3.05. The maximum absolute atomic E-state index is 11.9. The Morgan fingerprint density at radius 1 is 1.38 bits per heavy atom. The monoisotopic (exact) mass is 321 g/mol. The Bertz CT molecular complexity index is 838. The van der Waals surface area contributed by atoms with Crippen LogP contribution in [-0.2, 0) is 0 Å². The summed E-state index contributed by atoms with van der Waals surface area (Å²) in [7, 11) is 3.37. The highest BCUT2D eigenvalue weighted by atomic mass is 35.5. The first kappa shape index (κ1) is 14.0. The van der Waals surface area contributed by atoms with Crippen molar-refractivity contribution >= 4 is 39.1 Å². The maximum Gasteiger partial charge on any atom is 0.273 e. The van der Waals surface area contributed by atoms with Gasteiger partial charge in [-0.15, -0.1) is 11.3 Å². The Balaban J connectivity index is 2.14. The van der Waals surface area contributed by atoms with E-state index in [1.807, 2.05) is 13.0 Å². The van der Waals surface area contributed by atoms with Crippen LogP contribution in [0.15, 0.2) is 18.3 Å². The molecule has 0 aliphatic rings. The van der Waals surface area contributed by atoms with Crippen molar-refractivity contribution in [2.24, 2.45) is 0 Å². The topological polar surface area (TPSA) is 63.9 Å². The van der Waals surface area contributed by atoms with Gasteiger partial charge in [-0.05, 0) is 30.7 Å². The van der Waals surface area contributed by atoms with Crippen LogP contribution in [0.3, 0.4) is 0 Å². The fraction of sp³-hybridized carbons (Fsp3) is 0.231. The maximum atomic E-state index is 11.9. The number of nitrogens with zero attached hydrogens (tertiary/aromatic N) is 5. The van der Waals surface area contributed by atoms with Gasteiger partial charge in [0.1, 0.15) is 4.83 Å². The lowest BCUT2D eigenvalue weighted by molar-refractivity contribution is 0.0821. The average molecular weight is 322 g/mol. The molecule has 0 bridgehead atoms. The molecule has 0 aliphatic heterocycles. The Morgan fingerprint density at radius 3 is 2.86 bits per heavy atom. The number of aryl methyl sites for hydroxylation is 1. The van der Waals surface area contributed by atoms with Crippen molar-refractivity contribution in [2.45, 2.75) is 6.92 Å². The van der Waals surface area contributed by atoms with E-state index in [9.17, 15) is 4.79 Å². The zero-order chi connectivity index (χ0) is 15.1. The second-order valence-corrected chi connectivity index (χ2v) is 6.31. The van der Waals surface area contributed by atoms with Gasteiger partial charge in [-0.2, -0.15) is 10.1 Å². The molecule has 0 fully saturated rings. The van der Waals surface area contributed by atoms with Crippen LogP contribution in [0.5, 0.6) is 0 Å². The Morgan fingerprint density at radius 2 is 2.14 bits per heavy atom. The van der Waals surface area contributed by atoms with E-state index in [1.54, 1.807) is 42.4 Å². The summed E-state index contributed by atoms with van der Waals surface area (Å²) in [6.45, 7) is 1.99. The molecule has 0 unspecified atom stereocenters. The molecule has 3 aromatic rings. The number of carbonyl (C=O) groups excluding carboxylic acids is 1. The third kappa shape index (κ3) is 2.50. The van der Waals surface area contributed by atoms with Crippen LogP contribution >= 0.6 is 22.9 Å².